The molecule has 8 nitrogen and oxygen atoms in total. The number of aromatic nitrogens is 3. The molecule has 2 aromatic carbocycles. The van der Waals surface area contributed by atoms with Crippen molar-refractivity contribution in [3.8, 4) is 17.7 Å². The molecule has 0 saturated carbocycles. The molecule has 2 N–H and O–H groups in total. The smallest absolute Gasteiger partial charge is 0.242 e. The van der Waals surface area contributed by atoms with Crippen LogP contribution in [0.2, 0.25) is 0 Å². The van der Waals surface area contributed by atoms with E-state index in [-0.39, 0.29) is 17.2 Å². The van der Waals surface area contributed by atoms with E-state index in [4.69, 9.17) is 4.74 Å². The van der Waals surface area contributed by atoms with Crippen molar-refractivity contribution in [1.29, 1.82) is 5.26 Å². The molecular formula is C26H26FN7O. The molecule has 0 radical (unpaired) electrons. The second-order valence-electron chi connectivity index (χ2n) is 8.37. The van der Waals surface area contributed by atoms with Crippen LogP contribution < -0.4 is 20.3 Å². The van der Waals surface area contributed by atoms with E-state index in [0.717, 1.165) is 55.3 Å². The van der Waals surface area contributed by atoms with Crippen LogP contribution in [0, 0.1) is 24.1 Å². The molecule has 0 atom stereocenters. The highest BCUT2D eigenvalue weighted by Gasteiger charge is 2.19. The molecule has 1 saturated heterocycles. The normalized spacial score (nSPS) is 13.6. The van der Waals surface area contributed by atoms with Gasteiger partial charge in [0.2, 0.25) is 5.88 Å². The molecule has 9 heteroatoms. The Hall–Kier alpha value is -4.16. The monoisotopic (exact) mass is 471 g/mol. The fourth-order valence-corrected chi connectivity index (χ4v) is 4.47. The summed E-state index contributed by atoms with van der Waals surface area (Å²) < 4.78 is 23.1. The lowest BCUT2D eigenvalue weighted by atomic mass is 10.2. The van der Waals surface area contributed by atoms with E-state index in [1.165, 1.54) is 6.33 Å². The van der Waals surface area contributed by atoms with Gasteiger partial charge in [-0.25, -0.2) is 14.4 Å². The number of fused-ring (bicyclic) bond motifs is 1. The maximum absolute atomic E-state index is 15.3. The highest BCUT2D eigenvalue weighted by molar-refractivity contribution is 5.84. The van der Waals surface area contributed by atoms with Crippen molar-refractivity contribution < 1.29 is 9.13 Å². The molecule has 0 bridgehead atoms. The summed E-state index contributed by atoms with van der Waals surface area (Å²) in [5.41, 5.74) is 3.77. The summed E-state index contributed by atoms with van der Waals surface area (Å²) in [6.07, 6.45) is 1.29. The Morgan fingerprint density at radius 3 is 2.63 bits per heavy atom. The summed E-state index contributed by atoms with van der Waals surface area (Å²) >= 11 is 0. The average Bonchev–Trinajstić information content (AvgIpc) is 3.22. The molecule has 1 fully saturated rings. The number of piperazine rings is 1. The Kier molecular flexibility index (Phi) is 6.21. The van der Waals surface area contributed by atoms with Gasteiger partial charge in [-0.1, -0.05) is 0 Å². The number of nitrogens with one attached hydrogen (secondary N) is 2. The number of rotatable bonds is 6. The van der Waals surface area contributed by atoms with Crippen LogP contribution in [0.15, 0.2) is 48.8 Å². The summed E-state index contributed by atoms with van der Waals surface area (Å²) in [5, 5.41) is 16.8. The lowest BCUT2D eigenvalue weighted by molar-refractivity contribution is 0.428. The predicted molar refractivity (Wildman–Crippen MR) is 134 cm³/mol. The molecule has 178 valence electrons. The minimum atomic E-state index is -0.488. The first kappa shape index (κ1) is 22.6. The fraction of sp³-hybridized carbons (Fsp3) is 0.269. The van der Waals surface area contributed by atoms with Gasteiger partial charge < -0.3 is 24.8 Å². The Morgan fingerprint density at radius 2 is 1.91 bits per heavy atom. The Balaban J connectivity index is 1.40. The SMILES string of the molecule is CCn1c(C)cc2c(F)c(Oc3ncnc(Nc4ccc(N5CCNCC5)cc4)c3C#N)ccc21. The van der Waals surface area contributed by atoms with Gasteiger partial charge in [0.25, 0.3) is 0 Å². The number of anilines is 3. The second-order valence-corrected chi connectivity index (χ2v) is 8.37. The van der Waals surface area contributed by atoms with Crippen LogP contribution in [0.4, 0.5) is 21.6 Å². The third kappa shape index (κ3) is 4.36. The molecule has 5 rings (SSSR count). The maximum atomic E-state index is 15.3. The van der Waals surface area contributed by atoms with Crippen molar-refractivity contribution in [1.82, 2.24) is 19.9 Å². The number of hydrogen-bond acceptors (Lipinski definition) is 7. The number of benzene rings is 2. The summed E-state index contributed by atoms with van der Waals surface area (Å²) in [6.45, 7) is 8.55. The number of ether oxygens (including phenoxy) is 1. The van der Waals surface area contributed by atoms with Crippen molar-refractivity contribution >= 4 is 28.1 Å². The third-order valence-corrected chi connectivity index (χ3v) is 6.25. The maximum Gasteiger partial charge on any atom is 0.242 e. The van der Waals surface area contributed by atoms with Crippen molar-refractivity contribution in [2.45, 2.75) is 20.4 Å². The Labute approximate surface area is 203 Å². The first-order valence-corrected chi connectivity index (χ1v) is 11.6. The van der Waals surface area contributed by atoms with Crippen molar-refractivity contribution in [3.63, 3.8) is 0 Å². The lowest BCUT2D eigenvalue weighted by Crippen LogP contribution is -2.43. The average molecular weight is 472 g/mol. The zero-order chi connectivity index (χ0) is 24.4. The van der Waals surface area contributed by atoms with E-state index in [1.807, 2.05) is 48.7 Å². The molecule has 0 unspecified atom stereocenters. The molecular weight excluding hydrogens is 445 g/mol. The minimum Gasteiger partial charge on any atom is -0.434 e. The Morgan fingerprint density at radius 1 is 1.14 bits per heavy atom. The molecule has 1 aliphatic heterocycles. The van der Waals surface area contributed by atoms with E-state index in [2.05, 4.69) is 31.6 Å². The molecule has 0 aliphatic carbocycles. The molecule has 35 heavy (non-hydrogen) atoms. The second kappa shape index (κ2) is 9.60. The third-order valence-electron chi connectivity index (χ3n) is 6.25. The number of halogens is 1. The number of nitriles is 1. The van der Waals surface area contributed by atoms with Gasteiger partial charge in [0, 0.05) is 55.2 Å². The van der Waals surface area contributed by atoms with Gasteiger partial charge in [0.1, 0.15) is 12.4 Å². The fourth-order valence-electron chi connectivity index (χ4n) is 4.47. The van der Waals surface area contributed by atoms with Crippen LogP contribution >= 0.6 is 0 Å². The van der Waals surface area contributed by atoms with Crippen LogP contribution in [0.5, 0.6) is 11.6 Å². The van der Waals surface area contributed by atoms with Gasteiger partial charge in [-0.2, -0.15) is 5.26 Å². The van der Waals surface area contributed by atoms with Gasteiger partial charge >= 0.3 is 0 Å². The van der Waals surface area contributed by atoms with E-state index in [9.17, 15) is 5.26 Å². The van der Waals surface area contributed by atoms with E-state index in [0.29, 0.717) is 11.2 Å². The van der Waals surface area contributed by atoms with Crippen LogP contribution in [-0.4, -0.2) is 40.7 Å². The van der Waals surface area contributed by atoms with Gasteiger partial charge in [-0.3, -0.25) is 0 Å². The number of aryl methyl sites for hydroxylation is 2. The number of nitrogens with zero attached hydrogens (tertiary/aromatic N) is 5. The summed E-state index contributed by atoms with van der Waals surface area (Å²) in [6, 6.07) is 15.2. The molecule has 2 aromatic heterocycles. The predicted octanol–water partition coefficient (Wildman–Crippen LogP) is 4.72. The highest BCUT2D eigenvalue weighted by Crippen LogP contribution is 2.34. The van der Waals surface area contributed by atoms with Crippen molar-refractivity contribution in [2.75, 3.05) is 36.4 Å². The van der Waals surface area contributed by atoms with Crippen molar-refractivity contribution in [2.24, 2.45) is 0 Å². The van der Waals surface area contributed by atoms with Crippen LogP contribution in [0.25, 0.3) is 10.9 Å². The quantitative estimate of drug-likeness (QED) is 0.421. The zero-order valence-corrected chi connectivity index (χ0v) is 19.7. The largest absolute Gasteiger partial charge is 0.434 e. The van der Waals surface area contributed by atoms with Crippen LogP contribution in [0.1, 0.15) is 18.2 Å². The van der Waals surface area contributed by atoms with Gasteiger partial charge in [0.15, 0.2) is 22.9 Å². The van der Waals surface area contributed by atoms with Crippen LogP contribution in [0.3, 0.4) is 0 Å². The molecule has 4 aromatic rings. The van der Waals surface area contributed by atoms with E-state index in [1.54, 1.807) is 12.1 Å². The van der Waals surface area contributed by atoms with Gasteiger partial charge in [-0.05, 0) is 56.3 Å². The minimum absolute atomic E-state index is 0.00674. The molecule has 0 amide bonds. The summed E-state index contributed by atoms with van der Waals surface area (Å²) in [5.74, 6) is -0.195. The highest BCUT2D eigenvalue weighted by atomic mass is 19.1. The first-order chi connectivity index (χ1) is 17.1. The van der Waals surface area contributed by atoms with Crippen LogP contribution in [-0.2, 0) is 6.54 Å². The standard InChI is InChI=1S/C26H26FN7O/c1-3-34-17(2)14-20-22(34)8-9-23(24(20)27)35-26-21(15-28)25(30-16-31-26)32-18-4-6-19(7-5-18)33-12-10-29-11-13-33/h4-9,14,16,29H,3,10-13H2,1-2H3,(H,30,31,32). The Bertz CT molecular complexity index is 1400. The van der Waals surface area contributed by atoms with E-state index < -0.39 is 5.82 Å². The molecule has 0 spiro atoms. The van der Waals surface area contributed by atoms with E-state index >= 15 is 4.39 Å². The number of hydrogen-bond donors (Lipinski definition) is 2. The topological polar surface area (TPSA) is 91.0 Å². The molecule has 3 heterocycles. The van der Waals surface area contributed by atoms with Crippen molar-refractivity contribution in [3.05, 3.63) is 65.9 Å². The zero-order valence-electron chi connectivity index (χ0n) is 19.7. The van der Waals surface area contributed by atoms with Gasteiger partial charge in [-0.15, -0.1) is 0 Å². The summed E-state index contributed by atoms with van der Waals surface area (Å²) in [7, 11) is 0. The molecule has 1 aliphatic rings. The summed E-state index contributed by atoms with van der Waals surface area (Å²) in [4.78, 5) is 10.6. The first-order valence-electron chi connectivity index (χ1n) is 11.6. The lowest BCUT2D eigenvalue weighted by Gasteiger charge is -2.29. The van der Waals surface area contributed by atoms with Gasteiger partial charge in [0.05, 0.1) is 5.52 Å².